The van der Waals surface area contributed by atoms with Gasteiger partial charge in [0.25, 0.3) is 0 Å². The van der Waals surface area contributed by atoms with Crippen molar-refractivity contribution in [3.05, 3.63) is 0 Å². The van der Waals surface area contributed by atoms with Gasteiger partial charge in [-0.05, 0) is 44.6 Å². The molecule has 0 fully saturated rings. The minimum atomic E-state index is -1.29. The van der Waals surface area contributed by atoms with E-state index in [0.717, 1.165) is 0 Å². The van der Waals surface area contributed by atoms with Gasteiger partial charge in [-0.3, -0.25) is 19.2 Å². The summed E-state index contributed by atoms with van der Waals surface area (Å²) in [6.45, 7) is 3.72. The highest BCUT2D eigenvalue weighted by Gasteiger charge is 2.30. The summed E-state index contributed by atoms with van der Waals surface area (Å²) >= 11 is 0. The lowest BCUT2D eigenvalue weighted by Gasteiger charge is -2.25. The fourth-order valence-electron chi connectivity index (χ4n) is 2.79. The van der Waals surface area contributed by atoms with Gasteiger partial charge in [-0.2, -0.15) is 0 Å². The molecule has 178 valence electrons. The number of nitrogens with one attached hydrogen (secondary N) is 3. The maximum atomic E-state index is 12.7. The molecule has 0 aliphatic carbocycles. The van der Waals surface area contributed by atoms with E-state index in [0.29, 0.717) is 19.4 Å². The fourth-order valence-corrected chi connectivity index (χ4v) is 2.79. The van der Waals surface area contributed by atoms with Crippen LogP contribution < -0.4 is 27.4 Å². The molecular weight excluding hydrogens is 410 g/mol. The van der Waals surface area contributed by atoms with Gasteiger partial charge in [0.2, 0.25) is 17.7 Å². The smallest absolute Gasteiger partial charge is 0.326 e. The minimum Gasteiger partial charge on any atom is -0.481 e. The summed E-state index contributed by atoms with van der Waals surface area (Å²) in [4.78, 5) is 59.4. The molecule has 12 nitrogen and oxygen atoms in total. The third kappa shape index (κ3) is 12.5. The molecule has 0 aliphatic heterocycles. The third-order valence-electron chi connectivity index (χ3n) is 4.39. The van der Waals surface area contributed by atoms with Crippen molar-refractivity contribution in [1.29, 1.82) is 0 Å². The summed E-state index contributed by atoms with van der Waals surface area (Å²) < 4.78 is 0. The van der Waals surface area contributed by atoms with Crippen LogP contribution in [0, 0.1) is 5.92 Å². The van der Waals surface area contributed by atoms with Gasteiger partial charge in [-0.15, -0.1) is 0 Å². The monoisotopic (exact) mass is 445 g/mol. The van der Waals surface area contributed by atoms with E-state index in [1.54, 1.807) is 0 Å². The number of carbonyl (C=O) groups excluding carboxylic acids is 3. The largest absolute Gasteiger partial charge is 0.481 e. The van der Waals surface area contributed by atoms with Crippen molar-refractivity contribution < 1.29 is 34.2 Å². The van der Waals surface area contributed by atoms with Crippen LogP contribution in [-0.2, 0) is 24.0 Å². The molecule has 3 atom stereocenters. The predicted octanol–water partition coefficient (Wildman–Crippen LogP) is -1.48. The van der Waals surface area contributed by atoms with Crippen LogP contribution in [0.1, 0.15) is 52.4 Å². The van der Waals surface area contributed by atoms with Gasteiger partial charge < -0.3 is 37.6 Å². The average Bonchev–Trinajstić information content (AvgIpc) is 2.68. The van der Waals surface area contributed by atoms with Gasteiger partial charge in [0.1, 0.15) is 18.1 Å². The van der Waals surface area contributed by atoms with Crippen molar-refractivity contribution in [1.82, 2.24) is 16.0 Å². The van der Waals surface area contributed by atoms with E-state index in [-0.39, 0.29) is 31.7 Å². The summed E-state index contributed by atoms with van der Waals surface area (Å²) in [5.74, 6) is -4.46. The first-order chi connectivity index (χ1) is 14.5. The highest BCUT2D eigenvalue weighted by atomic mass is 16.4. The van der Waals surface area contributed by atoms with Gasteiger partial charge in [-0.25, -0.2) is 4.79 Å². The maximum Gasteiger partial charge on any atom is 0.326 e. The first kappa shape index (κ1) is 28.3. The van der Waals surface area contributed by atoms with Crippen molar-refractivity contribution in [3.8, 4) is 0 Å². The quantitative estimate of drug-likeness (QED) is 0.138. The van der Waals surface area contributed by atoms with Crippen LogP contribution in [0.5, 0.6) is 0 Å². The van der Waals surface area contributed by atoms with Crippen LogP contribution in [-0.4, -0.2) is 71.1 Å². The number of carbonyl (C=O) groups is 5. The lowest BCUT2D eigenvalue weighted by atomic mass is 10.0. The van der Waals surface area contributed by atoms with E-state index in [2.05, 4.69) is 16.0 Å². The first-order valence-corrected chi connectivity index (χ1v) is 10.3. The number of hydrogen-bond donors (Lipinski definition) is 7. The molecule has 0 bridgehead atoms. The molecule has 0 aliphatic rings. The van der Waals surface area contributed by atoms with Crippen molar-refractivity contribution in [3.63, 3.8) is 0 Å². The average molecular weight is 446 g/mol. The molecule has 3 unspecified atom stereocenters. The SMILES string of the molecule is CC(C)CC(NC(=O)CN)C(=O)NC(CCC(=O)O)C(=O)NC(CCCCN)C(=O)O. The van der Waals surface area contributed by atoms with Crippen molar-refractivity contribution in [2.45, 2.75) is 70.5 Å². The minimum absolute atomic E-state index is 0.0269. The number of hydrogen-bond acceptors (Lipinski definition) is 7. The van der Waals surface area contributed by atoms with Crippen LogP contribution >= 0.6 is 0 Å². The molecule has 0 aromatic rings. The fraction of sp³-hybridized carbons (Fsp3) is 0.737. The zero-order valence-corrected chi connectivity index (χ0v) is 18.1. The standard InChI is InChI=1S/C19H35N5O7/c1-11(2)9-14(22-15(25)10-21)18(29)23-12(6-7-16(26)27)17(28)24-13(19(30)31)5-3-4-8-20/h11-14H,3-10,20-21H2,1-2H3,(H,22,25)(H,23,29)(H,24,28)(H,26,27)(H,30,31). The Morgan fingerprint density at radius 1 is 0.806 bits per heavy atom. The topological polar surface area (TPSA) is 214 Å². The molecule has 0 aromatic heterocycles. The highest BCUT2D eigenvalue weighted by Crippen LogP contribution is 2.08. The van der Waals surface area contributed by atoms with E-state index in [9.17, 15) is 29.1 Å². The number of amides is 3. The van der Waals surface area contributed by atoms with Crippen molar-refractivity contribution >= 4 is 29.7 Å². The van der Waals surface area contributed by atoms with Gasteiger partial charge in [0.15, 0.2) is 0 Å². The summed E-state index contributed by atoms with van der Waals surface area (Å²) in [5.41, 5.74) is 10.7. The van der Waals surface area contributed by atoms with Gasteiger partial charge >= 0.3 is 11.9 Å². The maximum absolute atomic E-state index is 12.7. The molecular formula is C19H35N5O7. The van der Waals surface area contributed by atoms with Crippen LogP contribution in [0.3, 0.4) is 0 Å². The molecule has 9 N–H and O–H groups in total. The van der Waals surface area contributed by atoms with E-state index >= 15 is 0 Å². The van der Waals surface area contributed by atoms with E-state index in [4.69, 9.17) is 16.6 Å². The molecule has 3 amide bonds. The highest BCUT2D eigenvalue weighted by molar-refractivity contribution is 5.93. The van der Waals surface area contributed by atoms with Gasteiger partial charge in [-0.1, -0.05) is 13.8 Å². The first-order valence-electron chi connectivity index (χ1n) is 10.3. The second-order valence-corrected chi connectivity index (χ2v) is 7.63. The molecule has 0 heterocycles. The Balaban J connectivity index is 5.37. The second-order valence-electron chi connectivity index (χ2n) is 7.63. The van der Waals surface area contributed by atoms with Crippen LogP contribution in [0.2, 0.25) is 0 Å². The van der Waals surface area contributed by atoms with E-state index < -0.39 is 54.2 Å². The lowest BCUT2D eigenvalue weighted by Crippen LogP contribution is -2.56. The molecule has 0 aromatic carbocycles. The van der Waals surface area contributed by atoms with Crippen LogP contribution in [0.25, 0.3) is 0 Å². The van der Waals surface area contributed by atoms with Gasteiger partial charge in [0.05, 0.1) is 6.54 Å². The predicted molar refractivity (Wildman–Crippen MR) is 112 cm³/mol. The Labute approximate surface area is 181 Å². The number of aliphatic carboxylic acids is 2. The molecule has 31 heavy (non-hydrogen) atoms. The summed E-state index contributed by atoms with van der Waals surface area (Å²) in [5, 5.41) is 25.5. The van der Waals surface area contributed by atoms with Crippen molar-refractivity contribution in [2.75, 3.05) is 13.1 Å². The van der Waals surface area contributed by atoms with Crippen LogP contribution in [0.4, 0.5) is 0 Å². The molecule has 0 saturated carbocycles. The Morgan fingerprint density at radius 2 is 1.39 bits per heavy atom. The molecule has 0 radical (unpaired) electrons. The number of carboxylic acids is 2. The zero-order valence-electron chi connectivity index (χ0n) is 18.1. The number of carboxylic acid groups (broad SMARTS) is 2. The third-order valence-corrected chi connectivity index (χ3v) is 4.39. The summed E-state index contributed by atoms with van der Waals surface area (Å²) in [6, 6.07) is -3.47. The Bertz CT molecular complexity index is 627. The van der Waals surface area contributed by atoms with Crippen molar-refractivity contribution in [2.24, 2.45) is 17.4 Å². The molecule has 12 heteroatoms. The molecule has 0 rings (SSSR count). The number of rotatable bonds is 16. The Kier molecular flexibility index (Phi) is 13.8. The number of nitrogens with two attached hydrogens (primary N) is 2. The second kappa shape index (κ2) is 15.1. The van der Waals surface area contributed by atoms with Gasteiger partial charge in [0, 0.05) is 6.42 Å². The summed E-state index contributed by atoms with van der Waals surface area (Å²) in [6.07, 6.45) is 0.786. The normalized spacial score (nSPS) is 13.7. The molecule has 0 spiro atoms. The summed E-state index contributed by atoms with van der Waals surface area (Å²) in [7, 11) is 0. The molecule has 0 saturated heterocycles. The Morgan fingerprint density at radius 3 is 1.87 bits per heavy atom. The zero-order chi connectivity index (χ0) is 24.0. The van der Waals surface area contributed by atoms with E-state index in [1.165, 1.54) is 0 Å². The van der Waals surface area contributed by atoms with Crippen LogP contribution in [0.15, 0.2) is 0 Å². The van der Waals surface area contributed by atoms with E-state index in [1.807, 2.05) is 13.8 Å². The number of unbranched alkanes of at least 4 members (excludes halogenated alkanes) is 1. The lowest BCUT2D eigenvalue weighted by molar-refractivity contribution is -0.143. The Hall–Kier alpha value is -2.73.